The third-order valence-electron chi connectivity index (χ3n) is 5.92. The molecule has 1 heterocycles. The van der Waals surface area contributed by atoms with Crippen molar-refractivity contribution in [2.75, 3.05) is 18.5 Å². The topological polar surface area (TPSA) is 68.5 Å². The lowest BCUT2D eigenvalue weighted by molar-refractivity contribution is -0.0503. The highest BCUT2D eigenvalue weighted by atomic mass is 19.3. The van der Waals surface area contributed by atoms with E-state index in [2.05, 4.69) is 33.6 Å². The summed E-state index contributed by atoms with van der Waals surface area (Å²) in [5.74, 6) is 0.728. The summed E-state index contributed by atoms with van der Waals surface area (Å²) in [5.41, 5.74) is 11.1. The molecule has 1 atom stereocenters. The smallest absolute Gasteiger partial charge is 0.387 e. The molecular formula is C27H29F2N3O2. The van der Waals surface area contributed by atoms with Crippen LogP contribution in [0.25, 0.3) is 0 Å². The number of aryl methyl sites for hydroxylation is 1. The van der Waals surface area contributed by atoms with Crippen LogP contribution < -0.4 is 21.1 Å². The van der Waals surface area contributed by atoms with Gasteiger partial charge in [0.05, 0.1) is 17.8 Å². The highest BCUT2D eigenvalue weighted by Gasteiger charge is 2.37. The lowest BCUT2D eigenvalue weighted by Crippen LogP contribution is -2.31. The molecule has 0 aliphatic carbocycles. The maximum Gasteiger partial charge on any atom is 0.387 e. The molecule has 7 heteroatoms. The number of hydrogen-bond acceptors (Lipinski definition) is 5. The van der Waals surface area contributed by atoms with Gasteiger partial charge < -0.3 is 25.8 Å². The summed E-state index contributed by atoms with van der Waals surface area (Å²) < 4.78 is 35.9. The minimum absolute atomic E-state index is 0.160. The summed E-state index contributed by atoms with van der Waals surface area (Å²) in [4.78, 5) is 0. The normalized spacial score (nSPS) is 17.4. The summed E-state index contributed by atoms with van der Waals surface area (Å²) in [5, 5.41) is 6.72. The van der Waals surface area contributed by atoms with Gasteiger partial charge in [0.2, 0.25) is 0 Å². The summed E-state index contributed by atoms with van der Waals surface area (Å²) in [6.45, 7) is 2.47. The molecule has 5 nitrogen and oxygen atoms in total. The van der Waals surface area contributed by atoms with Gasteiger partial charge in [-0.15, -0.1) is 0 Å². The molecule has 3 aromatic carbocycles. The van der Waals surface area contributed by atoms with Crippen molar-refractivity contribution < 1.29 is 18.3 Å². The quantitative estimate of drug-likeness (QED) is 0.386. The van der Waals surface area contributed by atoms with Gasteiger partial charge in [-0.1, -0.05) is 36.4 Å². The van der Waals surface area contributed by atoms with Crippen molar-refractivity contribution >= 4 is 11.4 Å². The molecule has 1 aliphatic heterocycles. The summed E-state index contributed by atoms with van der Waals surface area (Å²) in [7, 11) is 0. The van der Waals surface area contributed by atoms with Crippen molar-refractivity contribution in [2.45, 2.75) is 32.5 Å². The van der Waals surface area contributed by atoms with Crippen LogP contribution in [0.2, 0.25) is 0 Å². The zero-order valence-corrected chi connectivity index (χ0v) is 19.3. The zero-order chi connectivity index (χ0) is 24.1. The average molecular weight is 466 g/mol. The predicted molar refractivity (Wildman–Crippen MR) is 130 cm³/mol. The average Bonchev–Trinajstić information content (AvgIpc) is 3.22. The van der Waals surface area contributed by atoms with E-state index in [1.165, 1.54) is 0 Å². The molecule has 0 saturated carbocycles. The van der Waals surface area contributed by atoms with Gasteiger partial charge in [0.15, 0.2) is 0 Å². The van der Waals surface area contributed by atoms with Crippen LogP contribution in [0.3, 0.4) is 0 Å². The Bertz CT molecular complexity index is 1170. The molecule has 0 aromatic heterocycles. The second kappa shape index (κ2) is 10.1. The summed E-state index contributed by atoms with van der Waals surface area (Å²) in [6.07, 6.45) is 1.99. The van der Waals surface area contributed by atoms with Gasteiger partial charge in [0.1, 0.15) is 5.75 Å². The molecular weight excluding hydrogens is 436 g/mol. The Labute approximate surface area is 198 Å². The molecule has 3 aromatic rings. The van der Waals surface area contributed by atoms with E-state index in [1.807, 2.05) is 55.5 Å². The first-order chi connectivity index (χ1) is 16.4. The fourth-order valence-electron chi connectivity index (χ4n) is 4.31. The Morgan fingerprint density at radius 3 is 2.47 bits per heavy atom. The summed E-state index contributed by atoms with van der Waals surface area (Å²) >= 11 is 0. The monoisotopic (exact) mass is 465 g/mol. The number of anilines is 2. The number of halogens is 2. The lowest BCUT2D eigenvalue weighted by atomic mass is 9.74. The number of rotatable bonds is 9. The van der Waals surface area contributed by atoms with Gasteiger partial charge in [0, 0.05) is 24.5 Å². The van der Waals surface area contributed by atoms with E-state index in [0.717, 1.165) is 28.1 Å². The minimum Gasteiger partial charge on any atom is -0.435 e. The third-order valence-corrected chi connectivity index (χ3v) is 5.92. The SMILES string of the molecule is CCOCc1cc(Nc2ccccc2)cc(C2(c3ccc(OC(F)F)c(C)c3)C=C(N)NC2)c1. The van der Waals surface area contributed by atoms with Crippen LogP contribution in [0.5, 0.6) is 5.75 Å². The van der Waals surface area contributed by atoms with Crippen LogP contribution in [0.1, 0.15) is 29.2 Å². The number of benzene rings is 3. The van der Waals surface area contributed by atoms with Gasteiger partial charge >= 0.3 is 6.61 Å². The first kappa shape index (κ1) is 23.6. The molecule has 0 radical (unpaired) electrons. The highest BCUT2D eigenvalue weighted by molar-refractivity contribution is 5.64. The van der Waals surface area contributed by atoms with Crippen molar-refractivity contribution in [2.24, 2.45) is 5.73 Å². The molecule has 0 amide bonds. The van der Waals surface area contributed by atoms with Crippen LogP contribution in [-0.2, 0) is 16.8 Å². The van der Waals surface area contributed by atoms with Gasteiger partial charge in [-0.25, -0.2) is 0 Å². The van der Waals surface area contributed by atoms with E-state index in [-0.39, 0.29) is 5.75 Å². The van der Waals surface area contributed by atoms with Crippen molar-refractivity contribution in [1.82, 2.24) is 5.32 Å². The molecule has 0 spiro atoms. The number of nitrogens with one attached hydrogen (secondary N) is 2. The van der Waals surface area contributed by atoms with Crippen LogP contribution in [0, 0.1) is 6.92 Å². The van der Waals surface area contributed by atoms with Crippen LogP contribution in [0.15, 0.2) is 78.6 Å². The first-order valence-corrected chi connectivity index (χ1v) is 11.2. The Morgan fingerprint density at radius 2 is 1.82 bits per heavy atom. The van der Waals surface area contributed by atoms with Gasteiger partial charge in [0.25, 0.3) is 0 Å². The van der Waals surface area contributed by atoms with Crippen molar-refractivity contribution in [3.63, 3.8) is 0 Å². The Hall–Kier alpha value is -3.58. The minimum atomic E-state index is -2.87. The number of alkyl halides is 2. The second-order valence-electron chi connectivity index (χ2n) is 8.33. The molecule has 0 saturated heterocycles. The highest BCUT2D eigenvalue weighted by Crippen LogP contribution is 2.40. The Kier molecular flexibility index (Phi) is 7.03. The summed E-state index contributed by atoms with van der Waals surface area (Å²) in [6, 6.07) is 21.5. The van der Waals surface area contributed by atoms with E-state index in [4.69, 9.17) is 10.5 Å². The second-order valence-corrected chi connectivity index (χ2v) is 8.33. The molecule has 34 heavy (non-hydrogen) atoms. The van der Waals surface area contributed by atoms with Gasteiger partial charge in [-0.3, -0.25) is 0 Å². The largest absolute Gasteiger partial charge is 0.435 e. The number of nitrogens with two attached hydrogens (primary N) is 1. The van der Waals surface area contributed by atoms with Crippen LogP contribution in [-0.4, -0.2) is 19.8 Å². The molecule has 4 N–H and O–H groups in total. The predicted octanol–water partition coefficient (Wildman–Crippen LogP) is 5.57. The maximum atomic E-state index is 12.8. The number of para-hydroxylation sites is 1. The maximum absolute atomic E-state index is 12.8. The molecule has 1 unspecified atom stereocenters. The zero-order valence-electron chi connectivity index (χ0n) is 19.3. The van der Waals surface area contributed by atoms with Crippen LogP contribution >= 0.6 is 0 Å². The molecule has 1 aliphatic rings. The van der Waals surface area contributed by atoms with E-state index < -0.39 is 12.0 Å². The van der Waals surface area contributed by atoms with E-state index in [0.29, 0.717) is 31.1 Å². The third kappa shape index (κ3) is 5.15. The fraction of sp³-hybridized carbons (Fsp3) is 0.259. The molecule has 4 rings (SSSR count). The first-order valence-electron chi connectivity index (χ1n) is 11.2. The van der Waals surface area contributed by atoms with E-state index in [9.17, 15) is 8.78 Å². The standard InChI is InChI=1S/C27H29F2N3O2/c1-3-33-16-19-12-21(14-23(13-19)32-22-7-5-4-6-8-22)27(15-25(30)31-17-27)20-9-10-24(18(2)11-20)34-26(28)29/h4-15,26,31-32H,3,16-17,30H2,1-2H3. The molecule has 0 fully saturated rings. The van der Waals surface area contributed by atoms with Gasteiger partial charge in [-0.2, -0.15) is 8.78 Å². The molecule has 0 bridgehead atoms. The van der Waals surface area contributed by atoms with Crippen molar-refractivity contribution in [3.8, 4) is 5.75 Å². The van der Waals surface area contributed by atoms with Crippen molar-refractivity contribution in [3.05, 3.63) is 101 Å². The van der Waals surface area contributed by atoms with E-state index >= 15 is 0 Å². The number of hydrogen-bond donors (Lipinski definition) is 3. The molecule has 178 valence electrons. The Balaban J connectivity index is 1.80. The fourth-order valence-corrected chi connectivity index (χ4v) is 4.31. The van der Waals surface area contributed by atoms with Crippen LogP contribution in [0.4, 0.5) is 20.2 Å². The van der Waals surface area contributed by atoms with E-state index in [1.54, 1.807) is 13.0 Å². The lowest BCUT2D eigenvalue weighted by Gasteiger charge is -2.30. The van der Waals surface area contributed by atoms with Gasteiger partial charge in [-0.05, 0) is 72.5 Å². The van der Waals surface area contributed by atoms with Crippen molar-refractivity contribution in [1.29, 1.82) is 0 Å². The number of ether oxygens (including phenoxy) is 2. The Morgan fingerprint density at radius 1 is 1.03 bits per heavy atom.